The first-order chi connectivity index (χ1) is 8.65. The van der Waals surface area contributed by atoms with Gasteiger partial charge >= 0.3 is 0 Å². The first-order valence-corrected chi connectivity index (χ1v) is 6.62. The fraction of sp³-hybridized carbons (Fsp3) is 0.467. The van der Waals surface area contributed by atoms with E-state index in [9.17, 15) is 9.59 Å². The zero-order valence-corrected chi connectivity index (χ0v) is 10.5. The number of carbonyl (C=O) groups is 2. The number of fused-ring (bicyclic) bond motifs is 1. The molecule has 1 fully saturated rings. The molecule has 1 N–H and O–H groups in total. The minimum atomic E-state index is 0.0174. The van der Waals surface area contributed by atoms with Crippen LogP contribution in [0.3, 0.4) is 0 Å². The van der Waals surface area contributed by atoms with Crippen LogP contribution in [0, 0.1) is 11.8 Å². The Morgan fingerprint density at radius 2 is 2.17 bits per heavy atom. The Kier molecular flexibility index (Phi) is 2.69. The summed E-state index contributed by atoms with van der Waals surface area (Å²) in [5, 5.41) is 2.79. The summed E-state index contributed by atoms with van der Waals surface area (Å²) in [6.07, 6.45) is 3.72. The summed E-state index contributed by atoms with van der Waals surface area (Å²) in [6, 6.07) is 5.59. The van der Waals surface area contributed by atoms with Gasteiger partial charge in [-0.25, -0.2) is 0 Å². The molecule has 1 saturated carbocycles. The number of ketones is 1. The molecule has 94 valence electrons. The van der Waals surface area contributed by atoms with Crippen molar-refractivity contribution >= 4 is 17.4 Å². The largest absolute Gasteiger partial charge is 0.326 e. The molecule has 0 bridgehead atoms. The first kappa shape index (κ1) is 11.5. The summed E-state index contributed by atoms with van der Waals surface area (Å²) in [6.45, 7) is 2.16. The SMILES string of the molecule is CC1CCCC1C(=O)c1ccc2c(c1)CC(=O)N2. The molecule has 1 aliphatic carbocycles. The lowest BCUT2D eigenvalue weighted by Crippen LogP contribution is -2.17. The zero-order chi connectivity index (χ0) is 12.7. The second-order valence-electron chi connectivity index (χ2n) is 5.48. The molecule has 0 radical (unpaired) electrons. The van der Waals surface area contributed by atoms with Crippen LogP contribution in [-0.2, 0) is 11.2 Å². The number of amides is 1. The Morgan fingerprint density at radius 3 is 2.89 bits per heavy atom. The smallest absolute Gasteiger partial charge is 0.228 e. The van der Waals surface area contributed by atoms with Crippen LogP contribution in [0.25, 0.3) is 0 Å². The fourth-order valence-electron chi connectivity index (χ4n) is 3.13. The summed E-state index contributed by atoms with van der Waals surface area (Å²) in [4.78, 5) is 23.7. The molecule has 1 heterocycles. The van der Waals surface area contributed by atoms with E-state index >= 15 is 0 Å². The van der Waals surface area contributed by atoms with Crippen molar-refractivity contribution in [1.29, 1.82) is 0 Å². The van der Waals surface area contributed by atoms with E-state index in [1.807, 2.05) is 18.2 Å². The number of hydrogen-bond donors (Lipinski definition) is 1. The van der Waals surface area contributed by atoms with Crippen molar-refractivity contribution in [3.63, 3.8) is 0 Å². The number of benzene rings is 1. The Hall–Kier alpha value is -1.64. The average Bonchev–Trinajstić information content (AvgIpc) is 2.91. The van der Waals surface area contributed by atoms with E-state index in [1.54, 1.807) is 0 Å². The molecular weight excluding hydrogens is 226 g/mol. The van der Waals surface area contributed by atoms with Gasteiger partial charge in [0.05, 0.1) is 6.42 Å². The predicted molar refractivity (Wildman–Crippen MR) is 69.6 cm³/mol. The highest BCUT2D eigenvalue weighted by atomic mass is 16.1. The lowest BCUT2D eigenvalue weighted by Gasteiger charge is -2.14. The summed E-state index contributed by atoms with van der Waals surface area (Å²) >= 11 is 0. The molecule has 1 aliphatic heterocycles. The highest BCUT2D eigenvalue weighted by Crippen LogP contribution is 2.34. The van der Waals surface area contributed by atoms with Crippen LogP contribution >= 0.6 is 0 Å². The molecule has 2 atom stereocenters. The van der Waals surface area contributed by atoms with E-state index in [0.717, 1.165) is 36.1 Å². The van der Waals surface area contributed by atoms with Crippen LogP contribution in [-0.4, -0.2) is 11.7 Å². The molecule has 2 unspecified atom stereocenters. The van der Waals surface area contributed by atoms with Gasteiger partial charge in [-0.05, 0) is 42.5 Å². The summed E-state index contributed by atoms with van der Waals surface area (Å²) in [5.74, 6) is 0.935. The predicted octanol–water partition coefficient (Wildman–Crippen LogP) is 2.80. The number of Topliss-reactive ketones (excluding diaryl/α,β-unsaturated/α-hetero) is 1. The van der Waals surface area contributed by atoms with Gasteiger partial charge < -0.3 is 5.32 Å². The molecule has 0 aromatic heterocycles. The van der Waals surface area contributed by atoms with Crippen molar-refractivity contribution in [1.82, 2.24) is 0 Å². The number of rotatable bonds is 2. The van der Waals surface area contributed by atoms with E-state index < -0.39 is 0 Å². The van der Waals surface area contributed by atoms with E-state index in [2.05, 4.69) is 12.2 Å². The second-order valence-corrected chi connectivity index (χ2v) is 5.48. The molecule has 3 nitrogen and oxygen atoms in total. The van der Waals surface area contributed by atoms with Crippen molar-refractivity contribution < 1.29 is 9.59 Å². The van der Waals surface area contributed by atoms with Crippen LogP contribution in [0.2, 0.25) is 0 Å². The first-order valence-electron chi connectivity index (χ1n) is 6.62. The number of anilines is 1. The summed E-state index contributed by atoms with van der Waals surface area (Å²) in [5.41, 5.74) is 2.58. The van der Waals surface area contributed by atoms with Crippen molar-refractivity contribution in [2.45, 2.75) is 32.6 Å². The van der Waals surface area contributed by atoms with E-state index in [0.29, 0.717) is 12.3 Å². The van der Waals surface area contributed by atoms with Crippen LogP contribution in [0.4, 0.5) is 5.69 Å². The Labute approximate surface area is 107 Å². The molecule has 3 heteroatoms. The Bertz CT molecular complexity index is 521. The van der Waals surface area contributed by atoms with Gasteiger partial charge in [0.15, 0.2) is 5.78 Å². The minimum Gasteiger partial charge on any atom is -0.326 e. The van der Waals surface area contributed by atoms with Crippen LogP contribution in [0.1, 0.15) is 42.1 Å². The third-order valence-electron chi connectivity index (χ3n) is 4.21. The highest BCUT2D eigenvalue weighted by molar-refractivity contribution is 6.03. The van der Waals surface area contributed by atoms with Gasteiger partial charge in [0, 0.05) is 17.2 Å². The summed E-state index contributed by atoms with van der Waals surface area (Å²) in [7, 11) is 0. The van der Waals surface area contributed by atoms with Crippen molar-refractivity contribution in [2.75, 3.05) is 5.32 Å². The molecule has 1 aromatic rings. The van der Waals surface area contributed by atoms with Gasteiger partial charge in [0.2, 0.25) is 5.91 Å². The molecule has 3 rings (SSSR count). The third-order valence-corrected chi connectivity index (χ3v) is 4.21. The molecule has 1 amide bonds. The van der Waals surface area contributed by atoms with Gasteiger partial charge in [-0.15, -0.1) is 0 Å². The van der Waals surface area contributed by atoms with Crippen molar-refractivity contribution in [2.24, 2.45) is 11.8 Å². The standard InChI is InChI=1S/C15H17NO2/c1-9-3-2-4-12(9)15(18)10-5-6-13-11(7-10)8-14(17)16-13/h5-7,9,12H,2-4,8H2,1H3,(H,16,17). The minimum absolute atomic E-state index is 0.0174. The fourth-order valence-corrected chi connectivity index (χ4v) is 3.13. The van der Waals surface area contributed by atoms with Crippen molar-refractivity contribution in [3.05, 3.63) is 29.3 Å². The number of nitrogens with one attached hydrogen (secondary N) is 1. The third kappa shape index (κ3) is 1.84. The zero-order valence-electron chi connectivity index (χ0n) is 10.5. The molecule has 18 heavy (non-hydrogen) atoms. The topological polar surface area (TPSA) is 46.2 Å². The van der Waals surface area contributed by atoms with E-state index in [-0.39, 0.29) is 17.6 Å². The molecule has 0 saturated heterocycles. The van der Waals surface area contributed by atoms with Gasteiger partial charge in [0.25, 0.3) is 0 Å². The Balaban J connectivity index is 1.87. The molecule has 0 spiro atoms. The van der Waals surface area contributed by atoms with Gasteiger partial charge in [-0.1, -0.05) is 13.3 Å². The molecular formula is C15H17NO2. The lowest BCUT2D eigenvalue weighted by molar-refractivity contribution is -0.115. The van der Waals surface area contributed by atoms with Gasteiger partial charge in [0.1, 0.15) is 0 Å². The quantitative estimate of drug-likeness (QED) is 0.812. The van der Waals surface area contributed by atoms with E-state index in [1.165, 1.54) is 0 Å². The van der Waals surface area contributed by atoms with Crippen LogP contribution in [0.5, 0.6) is 0 Å². The summed E-state index contributed by atoms with van der Waals surface area (Å²) < 4.78 is 0. The number of hydrogen-bond acceptors (Lipinski definition) is 2. The van der Waals surface area contributed by atoms with Crippen molar-refractivity contribution in [3.8, 4) is 0 Å². The van der Waals surface area contributed by atoms with Gasteiger partial charge in [-0.3, -0.25) is 9.59 Å². The van der Waals surface area contributed by atoms with Crippen LogP contribution < -0.4 is 5.32 Å². The highest BCUT2D eigenvalue weighted by Gasteiger charge is 2.31. The maximum atomic E-state index is 12.4. The maximum absolute atomic E-state index is 12.4. The normalized spacial score (nSPS) is 25.9. The lowest BCUT2D eigenvalue weighted by atomic mass is 9.89. The average molecular weight is 243 g/mol. The Morgan fingerprint density at radius 1 is 1.33 bits per heavy atom. The van der Waals surface area contributed by atoms with Crippen LogP contribution in [0.15, 0.2) is 18.2 Å². The number of carbonyl (C=O) groups excluding carboxylic acids is 2. The second kappa shape index (κ2) is 4.23. The van der Waals surface area contributed by atoms with E-state index in [4.69, 9.17) is 0 Å². The molecule has 2 aliphatic rings. The molecule has 1 aromatic carbocycles. The maximum Gasteiger partial charge on any atom is 0.228 e. The monoisotopic (exact) mass is 243 g/mol. The van der Waals surface area contributed by atoms with Gasteiger partial charge in [-0.2, -0.15) is 0 Å².